The molecule has 4 heteroatoms. The van der Waals surface area contributed by atoms with E-state index < -0.39 is 0 Å². The van der Waals surface area contributed by atoms with Crippen molar-refractivity contribution in [2.45, 2.75) is 6.42 Å². The van der Waals surface area contributed by atoms with Crippen molar-refractivity contribution in [2.75, 3.05) is 14.1 Å². The van der Waals surface area contributed by atoms with Crippen molar-refractivity contribution >= 4 is 0 Å². The Balaban J connectivity index is -0.000000116. The summed E-state index contributed by atoms with van der Waals surface area (Å²) in [6.45, 7) is 0. The van der Waals surface area contributed by atoms with Gasteiger partial charge in [0, 0.05) is 0 Å². The number of halogens is 2. The molecule has 0 aromatic rings. The van der Waals surface area contributed by atoms with Gasteiger partial charge in [-0.3, -0.25) is 0 Å². The van der Waals surface area contributed by atoms with Crippen LogP contribution in [-0.2, 0) is 20.4 Å². The maximum absolute atomic E-state index is 2.75. The Morgan fingerprint density at radius 3 is 1.91 bits per heavy atom. The van der Waals surface area contributed by atoms with Crippen LogP contribution in [0.5, 0.6) is 0 Å². The standard InChI is InChI=1S/C5H5.C2H7N.2ClH.Ti/c1-2-4-5-3-1;1-3-2;;;/h1-3H,4H2;3H,1-2H3;2*1H;/q;;;;+2/p-2. The van der Waals surface area contributed by atoms with Gasteiger partial charge in [-0.15, -0.1) is 0 Å². The molecule has 0 fully saturated rings. The van der Waals surface area contributed by atoms with Crippen LogP contribution in [0.25, 0.3) is 0 Å². The molecule has 0 unspecified atom stereocenters. The number of nitrogens with one attached hydrogen (secondary N) is 1. The van der Waals surface area contributed by atoms with Crippen LogP contribution in [-0.4, -0.2) is 14.1 Å². The van der Waals surface area contributed by atoms with Crippen LogP contribution in [0.15, 0.2) is 22.1 Å². The molecule has 0 aromatic heterocycles. The maximum atomic E-state index is 2.75. The molecule has 0 saturated carbocycles. The summed E-state index contributed by atoms with van der Waals surface area (Å²) in [7, 11) is 3.75. The first kappa shape index (κ1) is 17.7. The molecule has 0 aliphatic heterocycles. The summed E-state index contributed by atoms with van der Waals surface area (Å²) in [4.78, 5) is 0. The quantitative estimate of drug-likeness (QED) is 0.411. The average Bonchev–Trinajstić information content (AvgIpc) is 2.20. The fraction of sp³-hybridized carbons (Fsp3) is 0.429. The Bertz CT molecular complexity index is 124. The molecule has 0 heterocycles. The molecule has 1 aliphatic rings. The van der Waals surface area contributed by atoms with E-state index in [1.165, 1.54) is 10.3 Å². The predicted octanol–water partition coefficient (Wildman–Crippen LogP) is -4.78. The molecular formula is C7H12Cl2NTi. The van der Waals surface area contributed by atoms with Gasteiger partial charge < -0.3 is 30.1 Å². The van der Waals surface area contributed by atoms with E-state index in [0.717, 1.165) is 0 Å². The monoisotopic (exact) mass is 228 g/mol. The molecule has 0 bridgehead atoms. The fourth-order valence-corrected chi connectivity index (χ4v) is 0.782. The van der Waals surface area contributed by atoms with E-state index in [2.05, 4.69) is 44.0 Å². The molecule has 1 rings (SSSR count). The van der Waals surface area contributed by atoms with E-state index >= 15 is 0 Å². The summed E-state index contributed by atoms with van der Waals surface area (Å²) in [6.07, 6.45) is 7.56. The van der Waals surface area contributed by atoms with Gasteiger partial charge in [0.05, 0.1) is 0 Å². The molecular weight excluding hydrogens is 217 g/mol. The molecule has 0 radical (unpaired) electrons. The van der Waals surface area contributed by atoms with E-state index in [-0.39, 0.29) is 24.8 Å². The minimum absolute atomic E-state index is 0. The number of hydrogen-bond acceptors (Lipinski definition) is 1. The summed E-state index contributed by atoms with van der Waals surface area (Å²) in [6, 6.07) is 0. The zero-order valence-electron chi connectivity index (χ0n) is 6.70. The molecule has 0 amide bonds. The van der Waals surface area contributed by atoms with Crippen molar-refractivity contribution in [3.05, 3.63) is 22.1 Å². The second kappa shape index (κ2) is 13.3. The third-order valence-corrected chi connectivity index (χ3v) is 1.35. The summed E-state index contributed by atoms with van der Waals surface area (Å²) in [5.74, 6) is 0. The van der Waals surface area contributed by atoms with Crippen LogP contribution in [0.1, 0.15) is 6.42 Å². The van der Waals surface area contributed by atoms with Crippen molar-refractivity contribution < 1.29 is 45.2 Å². The van der Waals surface area contributed by atoms with Gasteiger partial charge in [0.15, 0.2) is 0 Å². The van der Waals surface area contributed by atoms with E-state index in [9.17, 15) is 0 Å². The Hall–Kier alpha value is 0.734. The molecule has 0 aromatic carbocycles. The molecule has 1 nitrogen and oxygen atoms in total. The Kier molecular flexibility index (Phi) is 21.5. The zero-order valence-corrected chi connectivity index (χ0v) is 9.77. The summed E-state index contributed by atoms with van der Waals surface area (Å²) < 4.78 is 1.47. The van der Waals surface area contributed by atoms with E-state index in [0.29, 0.717) is 0 Å². The first-order chi connectivity index (χ1) is 4.31. The Morgan fingerprint density at radius 2 is 1.82 bits per heavy atom. The van der Waals surface area contributed by atoms with Gasteiger partial charge in [0.1, 0.15) is 0 Å². The van der Waals surface area contributed by atoms with Crippen molar-refractivity contribution in [3.8, 4) is 0 Å². The molecule has 11 heavy (non-hydrogen) atoms. The Labute approximate surface area is 92.9 Å². The van der Waals surface area contributed by atoms with E-state index in [1.54, 1.807) is 0 Å². The number of rotatable bonds is 0. The van der Waals surface area contributed by atoms with Crippen LogP contribution >= 0.6 is 0 Å². The first-order valence-corrected chi connectivity index (χ1v) is 3.75. The molecule has 0 atom stereocenters. The van der Waals surface area contributed by atoms with Gasteiger partial charge >= 0.3 is 49.0 Å². The second-order valence-electron chi connectivity index (χ2n) is 1.82. The van der Waals surface area contributed by atoms with Crippen LogP contribution in [0.2, 0.25) is 0 Å². The van der Waals surface area contributed by atoms with Crippen molar-refractivity contribution in [1.82, 2.24) is 5.32 Å². The van der Waals surface area contributed by atoms with Crippen molar-refractivity contribution in [2.24, 2.45) is 0 Å². The second-order valence-corrected chi connectivity index (χ2v) is 2.83. The summed E-state index contributed by atoms with van der Waals surface area (Å²) in [5.41, 5.74) is 0. The van der Waals surface area contributed by atoms with Crippen molar-refractivity contribution in [3.63, 3.8) is 0 Å². The van der Waals surface area contributed by atoms with E-state index in [4.69, 9.17) is 0 Å². The van der Waals surface area contributed by atoms with Gasteiger partial charge in [0.25, 0.3) is 0 Å². The molecule has 63 valence electrons. The third kappa shape index (κ3) is 13.7. The van der Waals surface area contributed by atoms with Crippen LogP contribution in [0.4, 0.5) is 0 Å². The predicted molar refractivity (Wildman–Crippen MR) is 36.8 cm³/mol. The Morgan fingerprint density at radius 1 is 1.36 bits per heavy atom. The normalized spacial score (nSPS) is 11.8. The third-order valence-electron chi connectivity index (χ3n) is 0.771. The molecule has 1 aliphatic carbocycles. The average molecular weight is 229 g/mol. The van der Waals surface area contributed by atoms with Gasteiger partial charge in [-0.1, -0.05) is 0 Å². The van der Waals surface area contributed by atoms with E-state index in [1.807, 2.05) is 14.1 Å². The molecule has 0 spiro atoms. The van der Waals surface area contributed by atoms with Gasteiger partial charge in [-0.25, -0.2) is 0 Å². The van der Waals surface area contributed by atoms with Gasteiger partial charge in [-0.05, 0) is 14.1 Å². The molecule has 0 saturated heterocycles. The zero-order chi connectivity index (χ0) is 7.11. The molecule has 1 N–H and O–H groups in total. The summed E-state index contributed by atoms with van der Waals surface area (Å²) >= 11 is 2.14. The van der Waals surface area contributed by atoms with Gasteiger partial charge in [-0.2, -0.15) is 0 Å². The SMILES string of the molecule is CNC.[Cl-].[Cl-].[Ti+2][C]1=CC=CC1. The minimum atomic E-state index is 0. The number of hydrogen-bond donors (Lipinski definition) is 1. The number of allylic oxidation sites excluding steroid dienone is 4. The van der Waals surface area contributed by atoms with Crippen molar-refractivity contribution in [1.29, 1.82) is 0 Å². The fourth-order valence-electron chi connectivity index (χ4n) is 0.447. The topological polar surface area (TPSA) is 12.0 Å². The van der Waals surface area contributed by atoms with Crippen LogP contribution in [0, 0.1) is 0 Å². The summed E-state index contributed by atoms with van der Waals surface area (Å²) in [5, 5.41) is 2.75. The van der Waals surface area contributed by atoms with Crippen LogP contribution < -0.4 is 30.1 Å². The van der Waals surface area contributed by atoms with Gasteiger partial charge in [0.2, 0.25) is 0 Å². The first-order valence-electron chi connectivity index (χ1n) is 2.97. The van der Waals surface area contributed by atoms with Crippen LogP contribution in [0.3, 0.4) is 0 Å².